The zero-order chi connectivity index (χ0) is 19.2. The Labute approximate surface area is 164 Å². The van der Waals surface area contributed by atoms with Crippen LogP contribution in [-0.2, 0) is 4.74 Å². The van der Waals surface area contributed by atoms with Crippen molar-refractivity contribution in [1.82, 2.24) is 9.80 Å². The summed E-state index contributed by atoms with van der Waals surface area (Å²) in [6.07, 6.45) is -0.432. The zero-order valence-electron chi connectivity index (χ0n) is 14.6. The Balaban J connectivity index is 1.83. The molecule has 26 heavy (non-hydrogen) atoms. The number of hydrogen-bond acceptors (Lipinski definition) is 4. The minimum Gasteiger partial charge on any atom is -0.489 e. The van der Waals surface area contributed by atoms with Gasteiger partial charge >= 0.3 is 6.09 Å². The molecule has 1 fully saturated rings. The van der Waals surface area contributed by atoms with Crippen molar-refractivity contribution in [2.45, 2.75) is 32.4 Å². The molecule has 1 saturated heterocycles. The molecular formula is C17H19BrClFN2O4. The first-order valence-corrected chi connectivity index (χ1v) is 9.35. The highest BCUT2D eigenvalue weighted by Crippen LogP contribution is 2.40. The van der Waals surface area contributed by atoms with Crippen molar-refractivity contribution >= 4 is 39.5 Å². The van der Waals surface area contributed by atoms with Crippen LogP contribution in [-0.4, -0.2) is 59.7 Å². The van der Waals surface area contributed by atoms with E-state index in [-0.39, 0.29) is 45.9 Å². The highest BCUT2D eigenvalue weighted by molar-refractivity contribution is 9.10. The van der Waals surface area contributed by atoms with Crippen molar-refractivity contribution in [3.63, 3.8) is 0 Å². The fourth-order valence-corrected chi connectivity index (χ4v) is 3.51. The standard InChI is InChI=1S/C17H19BrClFN2O4/c1-17(2,3)26-16(24)21-4-5-22-9(7-21)8-25-14-10(15(22)23)6-11(20)12(18)13(14)19/h6,9H,4-5,7-8H2,1-3H3. The summed E-state index contributed by atoms with van der Waals surface area (Å²) in [5.74, 6) is -0.834. The first kappa shape index (κ1) is 19.2. The predicted molar refractivity (Wildman–Crippen MR) is 97.2 cm³/mol. The molecule has 1 atom stereocenters. The van der Waals surface area contributed by atoms with Crippen LogP contribution in [0.2, 0.25) is 5.02 Å². The quantitative estimate of drug-likeness (QED) is 0.567. The normalized spacial score (nSPS) is 20.1. The number of rotatable bonds is 0. The molecule has 2 aliphatic rings. The molecule has 2 amide bonds. The van der Waals surface area contributed by atoms with Crippen molar-refractivity contribution in [1.29, 1.82) is 0 Å². The lowest BCUT2D eigenvalue weighted by atomic mass is 10.1. The molecule has 0 aromatic heterocycles. The highest BCUT2D eigenvalue weighted by Gasteiger charge is 2.39. The fourth-order valence-electron chi connectivity index (χ4n) is 2.97. The van der Waals surface area contributed by atoms with E-state index in [1.165, 1.54) is 0 Å². The summed E-state index contributed by atoms with van der Waals surface area (Å²) < 4.78 is 25.2. The van der Waals surface area contributed by atoms with Gasteiger partial charge in [-0.15, -0.1) is 0 Å². The summed E-state index contributed by atoms with van der Waals surface area (Å²) >= 11 is 9.19. The smallest absolute Gasteiger partial charge is 0.410 e. The third kappa shape index (κ3) is 3.62. The molecule has 1 aromatic rings. The lowest BCUT2D eigenvalue weighted by Crippen LogP contribution is -2.58. The van der Waals surface area contributed by atoms with Gasteiger partial charge in [0.1, 0.15) is 23.0 Å². The Kier molecular flexibility index (Phi) is 5.09. The van der Waals surface area contributed by atoms with Crippen molar-refractivity contribution < 1.29 is 23.5 Å². The van der Waals surface area contributed by atoms with E-state index in [0.717, 1.165) is 6.07 Å². The van der Waals surface area contributed by atoms with Crippen molar-refractivity contribution in [3.8, 4) is 5.75 Å². The van der Waals surface area contributed by atoms with Crippen LogP contribution in [0, 0.1) is 5.82 Å². The lowest BCUT2D eigenvalue weighted by Gasteiger charge is -2.40. The Hall–Kier alpha value is -1.54. The summed E-state index contributed by atoms with van der Waals surface area (Å²) in [6.45, 7) is 6.45. The van der Waals surface area contributed by atoms with Gasteiger partial charge in [0.15, 0.2) is 5.75 Å². The van der Waals surface area contributed by atoms with Gasteiger partial charge in [0.05, 0.1) is 16.1 Å². The molecule has 6 nitrogen and oxygen atoms in total. The number of hydrogen-bond donors (Lipinski definition) is 0. The second-order valence-electron chi connectivity index (χ2n) is 7.25. The van der Waals surface area contributed by atoms with Gasteiger partial charge in [0.2, 0.25) is 0 Å². The molecule has 0 saturated carbocycles. The van der Waals surface area contributed by atoms with E-state index in [1.807, 2.05) is 0 Å². The largest absolute Gasteiger partial charge is 0.489 e. The molecule has 0 N–H and O–H groups in total. The Morgan fingerprint density at radius 2 is 2.12 bits per heavy atom. The monoisotopic (exact) mass is 448 g/mol. The third-order valence-electron chi connectivity index (χ3n) is 4.16. The molecular weight excluding hydrogens is 431 g/mol. The number of fused-ring (bicyclic) bond motifs is 2. The van der Waals surface area contributed by atoms with Gasteiger partial charge in [-0.05, 0) is 42.8 Å². The fraction of sp³-hybridized carbons (Fsp3) is 0.529. The van der Waals surface area contributed by atoms with Gasteiger partial charge in [0.25, 0.3) is 5.91 Å². The van der Waals surface area contributed by atoms with Crippen molar-refractivity contribution in [2.24, 2.45) is 0 Å². The number of piperazine rings is 1. The first-order chi connectivity index (χ1) is 12.1. The molecule has 2 aliphatic heterocycles. The molecule has 2 heterocycles. The Bertz CT molecular complexity index is 768. The van der Waals surface area contributed by atoms with Gasteiger partial charge in [-0.25, -0.2) is 9.18 Å². The molecule has 1 unspecified atom stereocenters. The van der Waals surface area contributed by atoms with E-state index >= 15 is 0 Å². The molecule has 0 bridgehead atoms. The van der Waals surface area contributed by atoms with Gasteiger partial charge in [0, 0.05) is 19.6 Å². The summed E-state index contributed by atoms with van der Waals surface area (Å²) in [5.41, 5.74) is -0.513. The Morgan fingerprint density at radius 3 is 2.77 bits per heavy atom. The first-order valence-electron chi connectivity index (χ1n) is 8.17. The predicted octanol–water partition coefficient (Wildman–Crippen LogP) is 3.70. The second kappa shape index (κ2) is 6.88. The van der Waals surface area contributed by atoms with E-state index < -0.39 is 17.5 Å². The number of nitrogens with zero attached hydrogens (tertiary/aromatic N) is 2. The van der Waals surface area contributed by atoms with Gasteiger partial charge < -0.3 is 19.3 Å². The molecule has 0 spiro atoms. The summed E-state index contributed by atoms with van der Waals surface area (Å²) in [5, 5.41) is 0.0252. The average molecular weight is 450 g/mol. The highest BCUT2D eigenvalue weighted by atomic mass is 79.9. The third-order valence-corrected chi connectivity index (χ3v) is 5.53. The van der Waals surface area contributed by atoms with Crippen LogP contribution in [0.3, 0.4) is 0 Å². The van der Waals surface area contributed by atoms with Crippen LogP contribution in [0.15, 0.2) is 10.5 Å². The minimum atomic E-state index is -0.628. The summed E-state index contributed by atoms with van der Waals surface area (Å²) in [4.78, 5) is 28.3. The molecule has 0 aliphatic carbocycles. The topological polar surface area (TPSA) is 59.1 Å². The van der Waals surface area contributed by atoms with E-state index in [0.29, 0.717) is 13.1 Å². The molecule has 1 aromatic carbocycles. The molecule has 142 valence electrons. The van der Waals surface area contributed by atoms with Gasteiger partial charge in [-0.3, -0.25) is 4.79 Å². The summed E-state index contributed by atoms with van der Waals surface area (Å²) in [7, 11) is 0. The molecule has 0 radical (unpaired) electrons. The maximum absolute atomic E-state index is 14.0. The van der Waals surface area contributed by atoms with Crippen LogP contribution in [0.25, 0.3) is 0 Å². The second-order valence-corrected chi connectivity index (χ2v) is 8.42. The average Bonchev–Trinajstić information content (AvgIpc) is 2.69. The maximum atomic E-state index is 14.0. The van der Waals surface area contributed by atoms with E-state index in [4.69, 9.17) is 21.1 Å². The zero-order valence-corrected chi connectivity index (χ0v) is 17.0. The SMILES string of the molecule is CC(C)(C)OC(=O)N1CCN2C(=O)c3cc(F)c(Br)c(Cl)c3OCC2C1. The van der Waals surface area contributed by atoms with E-state index in [1.54, 1.807) is 30.6 Å². The summed E-state index contributed by atoms with van der Waals surface area (Å²) in [6, 6.07) is 0.755. The number of benzene rings is 1. The maximum Gasteiger partial charge on any atom is 0.410 e. The van der Waals surface area contributed by atoms with Crippen molar-refractivity contribution in [3.05, 3.63) is 26.9 Å². The van der Waals surface area contributed by atoms with Gasteiger partial charge in [-0.1, -0.05) is 11.6 Å². The molecule has 9 heteroatoms. The van der Waals surface area contributed by atoms with E-state index in [2.05, 4.69) is 15.9 Å². The van der Waals surface area contributed by atoms with Gasteiger partial charge in [-0.2, -0.15) is 0 Å². The molecule has 3 rings (SSSR count). The Morgan fingerprint density at radius 1 is 1.42 bits per heavy atom. The number of amides is 2. The number of ether oxygens (including phenoxy) is 2. The van der Waals surface area contributed by atoms with Crippen molar-refractivity contribution in [2.75, 3.05) is 26.2 Å². The number of carbonyl (C=O) groups excluding carboxylic acids is 2. The number of carbonyl (C=O) groups is 2. The van der Waals surface area contributed by atoms with Crippen LogP contribution in [0.5, 0.6) is 5.75 Å². The van der Waals surface area contributed by atoms with E-state index in [9.17, 15) is 14.0 Å². The van der Waals surface area contributed by atoms with Crippen LogP contribution >= 0.6 is 27.5 Å². The van der Waals surface area contributed by atoms with Crippen LogP contribution in [0.1, 0.15) is 31.1 Å². The lowest BCUT2D eigenvalue weighted by molar-refractivity contribution is 0.000952. The van der Waals surface area contributed by atoms with Crippen LogP contribution in [0.4, 0.5) is 9.18 Å². The number of halogens is 3. The minimum absolute atomic E-state index is 0.0252. The van der Waals surface area contributed by atoms with Crippen LogP contribution < -0.4 is 4.74 Å².